The summed E-state index contributed by atoms with van der Waals surface area (Å²) >= 11 is 0. The van der Waals surface area contributed by atoms with Gasteiger partial charge in [-0.2, -0.15) is 0 Å². The lowest BCUT2D eigenvalue weighted by Gasteiger charge is -2.06. The number of imidazole rings is 1. The first-order chi connectivity index (χ1) is 8.75. The Morgan fingerprint density at radius 1 is 1.26 bits per heavy atom. The molecule has 0 aromatic carbocycles. The van der Waals surface area contributed by atoms with E-state index in [-0.39, 0.29) is 1.43 Å². The topological polar surface area (TPSA) is 89.1 Å². The Hall–Kier alpha value is -0.920. The second-order valence-electron chi connectivity index (χ2n) is 4.51. The van der Waals surface area contributed by atoms with Crippen LogP contribution in [0.5, 0.6) is 0 Å². The number of aromatic nitrogens is 2. The molecule has 1 heterocycles. The minimum Gasteiger partial charge on any atom is -0.759 e. The van der Waals surface area contributed by atoms with E-state index >= 15 is 0 Å². The average molecular weight is 292 g/mol. The van der Waals surface area contributed by atoms with Crippen molar-refractivity contribution >= 4 is 10.4 Å². The predicted octanol–water partition coefficient (Wildman–Crippen LogP) is 1.14. The van der Waals surface area contributed by atoms with Gasteiger partial charge in [-0.15, -0.1) is 0 Å². The molecule has 0 amide bonds. The summed E-state index contributed by atoms with van der Waals surface area (Å²) in [5, 5.41) is 0. The van der Waals surface area contributed by atoms with E-state index in [0.29, 0.717) is 0 Å². The summed E-state index contributed by atoms with van der Waals surface area (Å²) in [5.74, 6) is 1.43. The van der Waals surface area contributed by atoms with E-state index in [2.05, 4.69) is 42.5 Å². The van der Waals surface area contributed by atoms with Gasteiger partial charge in [-0.1, -0.05) is 32.6 Å². The molecule has 1 aromatic heterocycles. The van der Waals surface area contributed by atoms with E-state index in [1.807, 2.05) is 0 Å². The first kappa shape index (κ1) is 18.1. The molecule has 0 saturated carbocycles. The highest BCUT2D eigenvalue weighted by Crippen LogP contribution is 2.05. The summed E-state index contributed by atoms with van der Waals surface area (Å²) in [7, 11) is -0.914. The van der Waals surface area contributed by atoms with E-state index in [0.717, 1.165) is 0 Å². The van der Waals surface area contributed by atoms with Gasteiger partial charge in [0.25, 0.3) is 5.82 Å². The normalized spacial score (nSPS) is 11.0. The predicted molar refractivity (Wildman–Crippen MR) is 70.6 cm³/mol. The molecule has 1 aromatic rings. The zero-order chi connectivity index (χ0) is 14.9. The van der Waals surface area contributed by atoms with Crippen molar-refractivity contribution in [2.75, 3.05) is 0 Å². The van der Waals surface area contributed by atoms with Crippen molar-refractivity contribution in [2.45, 2.75) is 45.4 Å². The molecule has 0 saturated heterocycles. The van der Waals surface area contributed by atoms with Crippen LogP contribution in [0.1, 0.15) is 46.3 Å². The van der Waals surface area contributed by atoms with Crippen LogP contribution in [0.25, 0.3) is 0 Å². The van der Waals surface area contributed by atoms with Crippen molar-refractivity contribution in [3.05, 3.63) is 18.2 Å². The molecule has 0 fully saturated rings. The molecule has 0 bridgehead atoms. The maximum absolute atomic E-state index is 8.52. The molecule has 19 heavy (non-hydrogen) atoms. The second-order valence-corrected chi connectivity index (χ2v) is 5.33. The van der Waals surface area contributed by atoms with Crippen LogP contribution in [-0.4, -0.2) is 22.1 Å². The molecule has 7 heteroatoms. The summed E-state index contributed by atoms with van der Waals surface area (Å²) in [6, 6.07) is 0. The number of hydrogen-bond donors (Lipinski definition) is 0. The zero-order valence-electron chi connectivity index (χ0n) is 12.8. The lowest BCUT2D eigenvalue weighted by molar-refractivity contribution is -0.678. The van der Waals surface area contributed by atoms with Crippen LogP contribution in [0.4, 0.5) is 0 Å². The molecular weight excluding hydrogens is 268 g/mol. The van der Waals surface area contributed by atoms with Crippen molar-refractivity contribution in [3.8, 4) is 0 Å². The van der Waals surface area contributed by atoms with Gasteiger partial charge in [-0.3, -0.25) is 8.42 Å². The van der Waals surface area contributed by atoms with Gasteiger partial charge in [-0.05, 0) is 6.42 Å². The van der Waals surface area contributed by atoms with E-state index in [1.165, 1.54) is 44.3 Å². The monoisotopic (exact) mass is 292 g/mol. The van der Waals surface area contributed by atoms with Crippen LogP contribution in [0.3, 0.4) is 0 Å². The largest absolute Gasteiger partial charge is 1.00 e. The summed E-state index contributed by atoms with van der Waals surface area (Å²) in [6.07, 6.45) is 12.3. The van der Waals surface area contributed by atoms with Gasteiger partial charge in [-0.25, -0.2) is 9.13 Å². The summed E-state index contributed by atoms with van der Waals surface area (Å²) in [4.78, 5) is 0. The second kappa shape index (κ2) is 9.06. The minimum absolute atomic E-state index is 0. The van der Waals surface area contributed by atoms with Crippen LogP contribution in [0, 0.1) is 0 Å². The Kier molecular flexibility index (Phi) is 8.62. The van der Waals surface area contributed by atoms with Crippen molar-refractivity contribution in [1.29, 1.82) is 0 Å². The third-order valence-electron chi connectivity index (χ3n) is 2.83. The zero-order valence-corrected chi connectivity index (χ0v) is 12.6. The standard InChI is InChI=1S/C12H23N2.H2O4S/c1-4-5-6-7-8-9-12-13(2)10-11-14(12)3;1-5(2,3)4/h10-11H,4-9H2,1-3H3;(H2,1,2,3,4)/q+1;/p-1. The molecule has 0 aliphatic carbocycles. The van der Waals surface area contributed by atoms with E-state index in [9.17, 15) is 0 Å². The van der Waals surface area contributed by atoms with Crippen molar-refractivity contribution in [2.24, 2.45) is 14.1 Å². The molecule has 0 atom stereocenters. The molecule has 0 aliphatic heterocycles. The summed E-state index contributed by atoms with van der Waals surface area (Å²) < 4.78 is 38.5. The quantitative estimate of drug-likeness (QED) is 0.340. The van der Waals surface area contributed by atoms with Crippen molar-refractivity contribution in [3.63, 3.8) is 0 Å². The number of unbranched alkanes of at least 4 members (excludes halogenated alkanes) is 4. The third-order valence-corrected chi connectivity index (χ3v) is 2.83. The molecule has 0 N–H and O–H groups in total. The number of aryl methyl sites for hydroxylation is 2. The van der Waals surface area contributed by atoms with Gasteiger partial charge in [0.05, 0.1) is 14.1 Å². The van der Waals surface area contributed by atoms with E-state index in [1.54, 1.807) is 0 Å². The van der Waals surface area contributed by atoms with Gasteiger partial charge >= 0.3 is 1.43 Å². The van der Waals surface area contributed by atoms with Crippen LogP contribution >= 0.6 is 0 Å². The molecule has 0 radical (unpaired) electrons. The highest BCUT2D eigenvalue weighted by atomic mass is 32.3. The SMILES string of the molecule is CCCCCCCc1n(C)cc[n+]1C.O=S(=O)([O-])[O-].[H+]. The average Bonchev–Trinajstić information content (AvgIpc) is 2.57. The Balaban J connectivity index is 0. The fourth-order valence-electron chi connectivity index (χ4n) is 1.86. The van der Waals surface area contributed by atoms with Crippen LogP contribution in [0.2, 0.25) is 0 Å². The molecule has 0 unspecified atom stereocenters. The molecule has 0 spiro atoms. The Bertz CT molecular complexity index is 433. The molecule has 1 rings (SSSR count). The van der Waals surface area contributed by atoms with Gasteiger partial charge in [0, 0.05) is 16.8 Å². The Labute approximate surface area is 117 Å². The Morgan fingerprint density at radius 3 is 2.21 bits per heavy atom. The van der Waals surface area contributed by atoms with E-state index < -0.39 is 10.4 Å². The summed E-state index contributed by atoms with van der Waals surface area (Å²) in [6.45, 7) is 2.26. The molecule has 112 valence electrons. The fraction of sp³-hybridized carbons (Fsp3) is 0.750. The number of rotatable bonds is 6. The van der Waals surface area contributed by atoms with Gasteiger partial charge < -0.3 is 9.11 Å². The van der Waals surface area contributed by atoms with Gasteiger partial charge in [0.1, 0.15) is 12.4 Å². The molecule has 0 aliphatic rings. The molecule has 6 nitrogen and oxygen atoms in total. The lowest BCUT2D eigenvalue weighted by Crippen LogP contribution is -2.31. The maximum Gasteiger partial charge on any atom is 1.00 e. The lowest BCUT2D eigenvalue weighted by atomic mass is 10.1. The van der Waals surface area contributed by atoms with Crippen molar-refractivity contribution < 1.29 is 23.5 Å². The van der Waals surface area contributed by atoms with Gasteiger partial charge in [0.2, 0.25) is 0 Å². The smallest absolute Gasteiger partial charge is 0.759 e. The Morgan fingerprint density at radius 2 is 1.79 bits per heavy atom. The molecular formula is C12H24N2O4S. The third kappa shape index (κ3) is 10.7. The first-order valence-corrected chi connectivity index (χ1v) is 7.75. The fourth-order valence-corrected chi connectivity index (χ4v) is 1.86. The maximum atomic E-state index is 8.52. The van der Waals surface area contributed by atoms with Crippen LogP contribution in [0.15, 0.2) is 12.4 Å². The number of hydrogen-bond acceptors (Lipinski definition) is 4. The highest BCUT2D eigenvalue weighted by Gasteiger charge is 2.09. The first-order valence-electron chi connectivity index (χ1n) is 6.42. The van der Waals surface area contributed by atoms with Crippen LogP contribution in [-0.2, 0) is 30.9 Å². The van der Waals surface area contributed by atoms with Crippen LogP contribution < -0.4 is 4.57 Å². The number of nitrogens with zero attached hydrogens (tertiary/aromatic N) is 2. The highest BCUT2D eigenvalue weighted by molar-refractivity contribution is 7.79. The summed E-state index contributed by atoms with van der Waals surface area (Å²) in [5.41, 5.74) is 0. The van der Waals surface area contributed by atoms with Crippen molar-refractivity contribution in [1.82, 2.24) is 4.57 Å². The van der Waals surface area contributed by atoms with E-state index in [4.69, 9.17) is 17.5 Å². The minimum atomic E-state index is -5.17. The van der Waals surface area contributed by atoms with Gasteiger partial charge in [0.15, 0.2) is 0 Å².